The topological polar surface area (TPSA) is 68.0 Å². The van der Waals surface area contributed by atoms with Crippen LogP contribution in [0.5, 0.6) is 0 Å². The molecule has 0 radical (unpaired) electrons. The van der Waals surface area contributed by atoms with Gasteiger partial charge in [-0.3, -0.25) is 10.1 Å². The lowest BCUT2D eigenvalue weighted by Crippen LogP contribution is -2.22. The summed E-state index contributed by atoms with van der Waals surface area (Å²) in [6, 6.07) is 27.8. The minimum Gasteiger partial charge on any atom is -0.407 e. The molecule has 3 aromatic carbocycles. The quantitative estimate of drug-likeness (QED) is 0.342. The highest BCUT2D eigenvalue weighted by molar-refractivity contribution is 7.99. The van der Waals surface area contributed by atoms with Crippen molar-refractivity contribution >= 4 is 23.7 Å². The third-order valence-corrected chi connectivity index (χ3v) is 5.89. The Kier molecular flexibility index (Phi) is 7.02. The maximum absolute atomic E-state index is 13.2. The van der Waals surface area contributed by atoms with Crippen LogP contribution in [0, 0.1) is 0 Å². The van der Waals surface area contributed by atoms with E-state index in [-0.39, 0.29) is 11.9 Å². The molecule has 5 nitrogen and oxygen atoms in total. The van der Waals surface area contributed by atoms with Gasteiger partial charge in [0.15, 0.2) is 0 Å². The normalized spacial score (nSPS) is 11.1. The van der Waals surface area contributed by atoms with Gasteiger partial charge in [-0.2, -0.15) is 0 Å². The molecule has 0 aliphatic carbocycles. The van der Waals surface area contributed by atoms with E-state index in [0.717, 1.165) is 16.7 Å². The molecule has 0 spiro atoms. The zero-order valence-electron chi connectivity index (χ0n) is 18.1. The lowest BCUT2D eigenvalue weighted by atomic mass is 9.90. The van der Waals surface area contributed by atoms with Crippen LogP contribution in [0.2, 0.25) is 0 Å². The SMILES string of the molecule is CC(C)Sc1ccc(Cc2nnc(NC(=O)C(c3ccccc3)c3ccccc3)o2)cc1. The zero-order chi connectivity index (χ0) is 22.3. The second-order valence-corrected chi connectivity index (χ2v) is 9.38. The Morgan fingerprint density at radius 3 is 2.03 bits per heavy atom. The minimum absolute atomic E-state index is 0.105. The minimum atomic E-state index is -0.473. The summed E-state index contributed by atoms with van der Waals surface area (Å²) in [4.78, 5) is 14.4. The van der Waals surface area contributed by atoms with Gasteiger partial charge in [0.05, 0.1) is 12.3 Å². The number of benzene rings is 3. The van der Waals surface area contributed by atoms with E-state index >= 15 is 0 Å². The van der Waals surface area contributed by atoms with Gasteiger partial charge in [0, 0.05) is 10.1 Å². The average molecular weight is 444 g/mol. The lowest BCUT2D eigenvalue weighted by molar-refractivity contribution is -0.116. The van der Waals surface area contributed by atoms with E-state index in [9.17, 15) is 4.79 Å². The third-order valence-electron chi connectivity index (χ3n) is 4.88. The number of hydrogen-bond donors (Lipinski definition) is 1. The van der Waals surface area contributed by atoms with Crippen molar-refractivity contribution < 1.29 is 9.21 Å². The number of rotatable bonds is 8. The van der Waals surface area contributed by atoms with Crippen molar-refractivity contribution in [1.29, 1.82) is 0 Å². The molecule has 6 heteroatoms. The van der Waals surface area contributed by atoms with Crippen molar-refractivity contribution in [3.05, 3.63) is 108 Å². The van der Waals surface area contributed by atoms with E-state index in [4.69, 9.17) is 4.42 Å². The molecule has 162 valence electrons. The van der Waals surface area contributed by atoms with Gasteiger partial charge in [-0.25, -0.2) is 0 Å². The molecule has 0 saturated carbocycles. The van der Waals surface area contributed by atoms with Crippen LogP contribution in [0.3, 0.4) is 0 Å². The largest absolute Gasteiger partial charge is 0.407 e. The molecule has 1 amide bonds. The first-order chi connectivity index (χ1) is 15.6. The molecule has 0 bridgehead atoms. The summed E-state index contributed by atoms with van der Waals surface area (Å²) in [6.45, 7) is 4.35. The van der Waals surface area contributed by atoms with Crippen molar-refractivity contribution in [2.24, 2.45) is 0 Å². The first-order valence-electron chi connectivity index (χ1n) is 10.6. The van der Waals surface area contributed by atoms with Crippen molar-refractivity contribution in [1.82, 2.24) is 10.2 Å². The van der Waals surface area contributed by atoms with Crippen LogP contribution in [0.25, 0.3) is 0 Å². The van der Waals surface area contributed by atoms with Gasteiger partial charge >= 0.3 is 6.01 Å². The van der Waals surface area contributed by atoms with Crippen LogP contribution in [-0.2, 0) is 11.2 Å². The zero-order valence-corrected chi connectivity index (χ0v) is 18.9. The fourth-order valence-electron chi connectivity index (χ4n) is 3.47. The summed E-state index contributed by atoms with van der Waals surface area (Å²) < 4.78 is 5.72. The first-order valence-corrected chi connectivity index (χ1v) is 11.4. The fraction of sp³-hybridized carbons (Fsp3) is 0.192. The number of hydrogen-bond acceptors (Lipinski definition) is 5. The Bertz CT molecular complexity index is 1100. The molecule has 1 aromatic heterocycles. The van der Waals surface area contributed by atoms with Crippen LogP contribution in [-0.4, -0.2) is 21.4 Å². The molecule has 0 saturated heterocycles. The fourth-order valence-corrected chi connectivity index (χ4v) is 4.31. The number of nitrogens with one attached hydrogen (secondary N) is 1. The number of thioether (sulfide) groups is 1. The van der Waals surface area contributed by atoms with Gasteiger partial charge in [-0.05, 0) is 28.8 Å². The Balaban J connectivity index is 1.46. The molecule has 0 atom stereocenters. The Morgan fingerprint density at radius 1 is 0.875 bits per heavy atom. The Labute approximate surface area is 192 Å². The van der Waals surface area contributed by atoms with Crippen LogP contribution >= 0.6 is 11.8 Å². The molecule has 1 heterocycles. The molecular weight excluding hydrogens is 418 g/mol. The van der Waals surface area contributed by atoms with Crippen molar-refractivity contribution in [2.75, 3.05) is 5.32 Å². The second kappa shape index (κ2) is 10.3. The smallest absolute Gasteiger partial charge is 0.322 e. The van der Waals surface area contributed by atoms with Gasteiger partial charge in [0.25, 0.3) is 0 Å². The van der Waals surface area contributed by atoms with Crippen LogP contribution < -0.4 is 5.32 Å². The van der Waals surface area contributed by atoms with E-state index in [1.807, 2.05) is 72.4 Å². The highest BCUT2D eigenvalue weighted by Crippen LogP contribution is 2.27. The number of nitrogens with zero attached hydrogens (tertiary/aromatic N) is 2. The summed E-state index contributed by atoms with van der Waals surface area (Å²) in [5.41, 5.74) is 2.87. The van der Waals surface area contributed by atoms with E-state index in [1.165, 1.54) is 4.90 Å². The molecule has 1 N–H and O–H groups in total. The summed E-state index contributed by atoms with van der Waals surface area (Å²) >= 11 is 1.82. The summed E-state index contributed by atoms with van der Waals surface area (Å²) in [6.07, 6.45) is 0.510. The van der Waals surface area contributed by atoms with Gasteiger partial charge in [0.2, 0.25) is 11.8 Å². The number of carbonyl (C=O) groups excluding carboxylic acids is 1. The van der Waals surface area contributed by atoms with Crippen molar-refractivity contribution in [2.45, 2.75) is 36.3 Å². The van der Waals surface area contributed by atoms with Crippen LogP contribution in [0.4, 0.5) is 6.01 Å². The predicted molar refractivity (Wildman–Crippen MR) is 128 cm³/mol. The summed E-state index contributed by atoms with van der Waals surface area (Å²) in [5.74, 6) is -0.230. The van der Waals surface area contributed by atoms with Crippen molar-refractivity contribution in [3.8, 4) is 0 Å². The molecule has 0 aliphatic rings. The standard InChI is InChI=1S/C26H25N3O2S/c1-18(2)32-22-15-13-19(14-16-22)17-23-28-29-26(31-23)27-25(30)24(20-9-5-3-6-10-20)21-11-7-4-8-12-21/h3-16,18,24H,17H2,1-2H3,(H,27,29,30). The van der Waals surface area contributed by atoms with E-state index in [2.05, 4.69) is 53.6 Å². The summed E-state index contributed by atoms with van der Waals surface area (Å²) in [5, 5.41) is 11.5. The monoisotopic (exact) mass is 443 g/mol. The molecular formula is C26H25N3O2S. The highest BCUT2D eigenvalue weighted by atomic mass is 32.2. The highest BCUT2D eigenvalue weighted by Gasteiger charge is 2.24. The number of aromatic nitrogens is 2. The van der Waals surface area contributed by atoms with Gasteiger partial charge in [-0.15, -0.1) is 16.9 Å². The first kappa shape index (κ1) is 21.8. The Hall–Kier alpha value is -3.38. The number of anilines is 1. The molecule has 0 aliphatic heterocycles. The van der Waals surface area contributed by atoms with Crippen molar-refractivity contribution in [3.63, 3.8) is 0 Å². The molecule has 0 unspecified atom stereocenters. The van der Waals surface area contributed by atoms with Crippen LogP contribution in [0.1, 0.15) is 42.3 Å². The van der Waals surface area contributed by atoms with E-state index < -0.39 is 5.92 Å². The van der Waals surface area contributed by atoms with E-state index in [0.29, 0.717) is 17.6 Å². The lowest BCUT2D eigenvalue weighted by Gasteiger charge is -2.16. The van der Waals surface area contributed by atoms with Crippen LogP contribution in [0.15, 0.2) is 94.2 Å². The third kappa shape index (κ3) is 5.65. The maximum atomic E-state index is 13.2. The predicted octanol–water partition coefficient (Wildman–Crippen LogP) is 5.93. The summed E-state index contributed by atoms with van der Waals surface area (Å²) in [7, 11) is 0. The molecule has 0 fully saturated rings. The average Bonchev–Trinajstić information content (AvgIpc) is 3.23. The number of carbonyl (C=O) groups is 1. The molecule has 4 rings (SSSR count). The van der Waals surface area contributed by atoms with E-state index in [1.54, 1.807) is 0 Å². The molecule has 4 aromatic rings. The Morgan fingerprint density at radius 2 is 1.47 bits per heavy atom. The van der Waals surface area contributed by atoms with Gasteiger partial charge in [0.1, 0.15) is 0 Å². The maximum Gasteiger partial charge on any atom is 0.322 e. The number of amides is 1. The van der Waals surface area contributed by atoms with Gasteiger partial charge < -0.3 is 4.42 Å². The van der Waals surface area contributed by atoms with Gasteiger partial charge in [-0.1, -0.05) is 91.7 Å². The second-order valence-electron chi connectivity index (χ2n) is 7.73. The molecule has 32 heavy (non-hydrogen) atoms.